The van der Waals surface area contributed by atoms with Gasteiger partial charge >= 0.3 is 0 Å². The summed E-state index contributed by atoms with van der Waals surface area (Å²) in [6, 6.07) is 24.6. The van der Waals surface area contributed by atoms with Crippen LogP contribution >= 0.6 is 0 Å². The first kappa shape index (κ1) is 34.9. The Kier molecular flexibility index (Phi) is 9.87. The van der Waals surface area contributed by atoms with Gasteiger partial charge in [0.1, 0.15) is 0 Å². The van der Waals surface area contributed by atoms with Gasteiger partial charge in [0.05, 0.1) is 9.79 Å². The zero-order valence-electron chi connectivity index (χ0n) is 28.5. The number of hydrogen-bond donors (Lipinski definition) is 4. The molecule has 5 aromatic carbocycles. The Morgan fingerprint density at radius 1 is 0.604 bits per heavy atom. The lowest BCUT2D eigenvalue weighted by Crippen LogP contribution is -2.11. The van der Waals surface area contributed by atoms with Crippen molar-refractivity contribution in [2.45, 2.75) is 71.1 Å². The maximum atomic E-state index is 12.6. The minimum Gasteiger partial charge on any atom is -0.355 e. The molecule has 1 unspecified atom stereocenters. The number of hydrogen-bond acceptors (Lipinski definition) is 6. The summed E-state index contributed by atoms with van der Waals surface area (Å²) in [4.78, 5) is 0.168. The lowest BCUT2D eigenvalue weighted by molar-refractivity contribution is 0.482. The van der Waals surface area contributed by atoms with E-state index >= 15 is 0 Å². The average molecular weight is 683 g/mol. The van der Waals surface area contributed by atoms with Gasteiger partial charge < -0.3 is 10.6 Å². The second kappa shape index (κ2) is 13.6. The second-order valence-corrected chi connectivity index (χ2v) is 15.1. The third-order valence-electron chi connectivity index (χ3n) is 8.99. The van der Waals surface area contributed by atoms with E-state index in [2.05, 4.69) is 49.6 Å². The van der Waals surface area contributed by atoms with Crippen molar-refractivity contribution >= 4 is 43.6 Å². The molecule has 5 rings (SSSR count). The van der Waals surface area contributed by atoms with Crippen molar-refractivity contribution in [2.75, 3.05) is 10.6 Å². The van der Waals surface area contributed by atoms with Crippen molar-refractivity contribution in [1.82, 2.24) is 0 Å². The molecule has 0 heterocycles. The van der Waals surface area contributed by atoms with Gasteiger partial charge in [-0.1, -0.05) is 66.2 Å². The van der Waals surface area contributed by atoms with Crippen LogP contribution in [-0.4, -0.2) is 21.4 Å². The summed E-state index contributed by atoms with van der Waals surface area (Å²) in [7, 11) is -7.29. The molecule has 0 aliphatic rings. The van der Waals surface area contributed by atoms with Crippen LogP contribution in [0.5, 0.6) is 0 Å². The topological polar surface area (TPSA) is 113 Å². The molecule has 3 N–H and O–H groups in total. The lowest BCUT2D eigenvalue weighted by Gasteiger charge is -2.24. The first-order valence-electron chi connectivity index (χ1n) is 15.7. The summed E-state index contributed by atoms with van der Waals surface area (Å²) in [6.07, 6.45) is 0. The summed E-state index contributed by atoms with van der Waals surface area (Å²) in [6.45, 7) is 15.8. The number of thiol groups is 1. The minimum absolute atomic E-state index is 0.147. The van der Waals surface area contributed by atoms with Crippen LogP contribution < -0.4 is 10.6 Å². The summed E-state index contributed by atoms with van der Waals surface area (Å²) in [5.41, 5.74) is 13.3. The SMILES string of the molecule is Cc1cc(C)c(Nc2ccc(C(c3ccc(Nc4c(C)cc(C)c([SH](=O)=O)c4C)c(C)c3)c3ccccc3S(=O)(=O)O)cc2C)c(C)c1. The Hall–Kier alpha value is -4.44. The maximum absolute atomic E-state index is 12.6. The molecule has 0 fully saturated rings. The molecule has 0 spiro atoms. The number of benzene rings is 5. The Balaban J connectivity index is 1.61. The smallest absolute Gasteiger partial charge is 0.294 e. The monoisotopic (exact) mass is 682 g/mol. The van der Waals surface area contributed by atoms with Crippen LogP contribution in [0.4, 0.5) is 22.7 Å². The molecule has 0 aliphatic heterocycles. The van der Waals surface area contributed by atoms with Crippen LogP contribution in [0, 0.1) is 55.4 Å². The van der Waals surface area contributed by atoms with Gasteiger partial charge in [0.2, 0.25) is 0 Å². The first-order chi connectivity index (χ1) is 22.6. The molecule has 0 bridgehead atoms. The molecule has 1 atom stereocenters. The van der Waals surface area contributed by atoms with Crippen LogP contribution in [0.15, 0.2) is 88.7 Å². The molecule has 0 saturated carbocycles. The molecule has 0 saturated heterocycles. The van der Waals surface area contributed by atoms with Gasteiger partial charge in [0.15, 0.2) is 10.7 Å². The quantitative estimate of drug-likeness (QED) is 0.0697. The third-order valence-corrected chi connectivity index (χ3v) is 11.0. The number of nitrogens with one attached hydrogen (secondary N) is 2. The van der Waals surface area contributed by atoms with E-state index in [4.69, 9.17) is 0 Å². The average Bonchev–Trinajstić information content (AvgIpc) is 2.98. The molecule has 5 aromatic rings. The number of aryl methyl sites for hydroxylation is 7. The summed E-state index contributed by atoms with van der Waals surface area (Å²) in [5.74, 6) is -0.523. The standard InChI is InChI=1S/C39H42N2O5S2/c1-22-17-25(4)37(26(5)18-22)40-33-15-13-30(20-23(33)2)36(32-11-9-10-12-35(32)48(44,45)46)31-14-16-34(24(3)21-31)41-38-27(6)19-28(7)39(29(38)8)47(42)43/h9-21,36,40-41,47H,1-8H3,(H,44,45,46). The van der Waals surface area contributed by atoms with Gasteiger partial charge in [0, 0.05) is 28.7 Å². The third kappa shape index (κ3) is 7.04. The van der Waals surface area contributed by atoms with Crippen LogP contribution in [0.2, 0.25) is 0 Å². The molecule has 7 nitrogen and oxygen atoms in total. The maximum Gasteiger partial charge on any atom is 0.294 e. The van der Waals surface area contributed by atoms with E-state index in [0.29, 0.717) is 21.6 Å². The molecule has 0 aliphatic carbocycles. The predicted molar refractivity (Wildman–Crippen MR) is 196 cm³/mol. The zero-order valence-corrected chi connectivity index (χ0v) is 30.2. The minimum atomic E-state index is -4.52. The Labute approximate surface area is 285 Å². The molecule has 48 heavy (non-hydrogen) atoms. The highest BCUT2D eigenvalue weighted by Gasteiger charge is 2.26. The number of rotatable bonds is 9. The van der Waals surface area contributed by atoms with E-state index in [9.17, 15) is 21.4 Å². The van der Waals surface area contributed by atoms with Gasteiger partial charge in [-0.3, -0.25) is 4.55 Å². The fourth-order valence-electron chi connectivity index (χ4n) is 6.81. The Bertz CT molecular complexity index is 2220. The van der Waals surface area contributed by atoms with Crippen LogP contribution in [-0.2, 0) is 20.8 Å². The van der Waals surface area contributed by atoms with Gasteiger partial charge in [-0.25, -0.2) is 8.42 Å². The lowest BCUT2D eigenvalue weighted by atomic mass is 9.83. The van der Waals surface area contributed by atoms with E-state index in [0.717, 1.165) is 61.7 Å². The van der Waals surface area contributed by atoms with Crippen molar-refractivity contribution in [2.24, 2.45) is 0 Å². The highest BCUT2D eigenvalue weighted by atomic mass is 32.2. The predicted octanol–water partition coefficient (Wildman–Crippen LogP) is 9.04. The Morgan fingerprint density at radius 3 is 1.60 bits per heavy atom. The first-order valence-corrected chi connectivity index (χ1v) is 18.3. The van der Waals surface area contributed by atoms with Crippen molar-refractivity contribution in [3.05, 3.63) is 140 Å². The van der Waals surface area contributed by atoms with Gasteiger partial charge in [0.25, 0.3) is 10.1 Å². The second-order valence-electron chi connectivity index (χ2n) is 12.7. The van der Waals surface area contributed by atoms with Crippen molar-refractivity contribution in [3.8, 4) is 0 Å². The van der Waals surface area contributed by atoms with Crippen LogP contribution in [0.3, 0.4) is 0 Å². The van der Waals surface area contributed by atoms with E-state index in [1.54, 1.807) is 32.0 Å². The van der Waals surface area contributed by atoms with E-state index in [1.165, 1.54) is 11.6 Å². The van der Waals surface area contributed by atoms with Crippen LogP contribution in [0.25, 0.3) is 0 Å². The largest absolute Gasteiger partial charge is 0.355 e. The molecular formula is C39H42N2O5S2. The van der Waals surface area contributed by atoms with E-state index < -0.39 is 26.7 Å². The van der Waals surface area contributed by atoms with Gasteiger partial charge in [-0.05, 0) is 129 Å². The molecular weight excluding hydrogens is 641 g/mol. The van der Waals surface area contributed by atoms with Gasteiger partial charge in [-0.15, -0.1) is 0 Å². The fourth-order valence-corrected chi connectivity index (χ4v) is 8.29. The highest BCUT2D eigenvalue weighted by molar-refractivity contribution is 7.85. The summed E-state index contributed by atoms with van der Waals surface area (Å²) in [5, 5.41) is 7.05. The van der Waals surface area contributed by atoms with Crippen LogP contribution in [0.1, 0.15) is 67.1 Å². The zero-order chi connectivity index (χ0) is 35.1. The van der Waals surface area contributed by atoms with E-state index in [1.807, 2.05) is 57.2 Å². The Morgan fingerprint density at radius 2 is 1.10 bits per heavy atom. The van der Waals surface area contributed by atoms with Crippen molar-refractivity contribution < 1.29 is 21.4 Å². The van der Waals surface area contributed by atoms with E-state index in [-0.39, 0.29) is 4.90 Å². The molecule has 0 radical (unpaired) electrons. The van der Waals surface area contributed by atoms with Gasteiger partial charge in [-0.2, -0.15) is 8.42 Å². The van der Waals surface area contributed by atoms with Crippen molar-refractivity contribution in [3.63, 3.8) is 0 Å². The normalized spacial score (nSPS) is 12.3. The highest BCUT2D eigenvalue weighted by Crippen LogP contribution is 2.40. The molecule has 9 heteroatoms. The molecule has 0 amide bonds. The molecule has 0 aromatic heterocycles. The number of anilines is 4. The summed E-state index contributed by atoms with van der Waals surface area (Å²) >= 11 is 0. The van der Waals surface area contributed by atoms with Crippen molar-refractivity contribution in [1.29, 1.82) is 0 Å². The molecule has 250 valence electrons. The fraction of sp³-hybridized carbons (Fsp3) is 0.231. The summed E-state index contributed by atoms with van der Waals surface area (Å²) < 4.78 is 59.5.